The number of amides is 2. The van der Waals surface area contributed by atoms with Crippen LogP contribution in [0.4, 0.5) is 0 Å². The minimum atomic E-state index is -0.588. The highest BCUT2D eigenvalue weighted by Crippen LogP contribution is 2.17. The van der Waals surface area contributed by atoms with Gasteiger partial charge in [-0.3, -0.25) is 9.59 Å². The van der Waals surface area contributed by atoms with E-state index in [1.165, 1.54) is 18.3 Å². The lowest BCUT2D eigenvalue weighted by Gasteiger charge is -2.11. The first-order valence-corrected chi connectivity index (χ1v) is 8.22. The van der Waals surface area contributed by atoms with Crippen LogP contribution in [0.2, 0.25) is 0 Å². The van der Waals surface area contributed by atoms with Crippen molar-refractivity contribution in [2.75, 3.05) is 6.54 Å². The van der Waals surface area contributed by atoms with Gasteiger partial charge in [-0.15, -0.1) is 11.3 Å². The van der Waals surface area contributed by atoms with Crippen molar-refractivity contribution < 1.29 is 14.7 Å². The fraction of sp³-hybridized carbons (Fsp3) is 0.294. The summed E-state index contributed by atoms with van der Waals surface area (Å²) in [6, 6.07) is 12.9. The molecule has 0 bridgehead atoms. The van der Waals surface area contributed by atoms with Gasteiger partial charge in [0.15, 0.2) is 0 Å². The fourth-order valence-electron chi connectivity index (χ4n) is 2.06. The number of aliphatic hydroxyl groups is 1. The average molecular weight is 332 g/mol. The van der Waals surface area contributed by atoms with Gasteiger partial charge < -0.3 is 15.7 Å². The molecule has 122 valence electrons. The number of carbonyl (C=O) groups excluding carboxylic acids is 2. The summed E-state index contributed by atoms with van der Waals surface area (Å²) in [6.07, 6.45) is -0.130. The van der Waals surface area contributed by atoms with Crippen LogP contribution in [0, 0.1) is 0 Å². The van der Waals surface area contributed by atoms with E-state index in [0.717, 1.165) is 10.4 Å². The van der Waals surface area contributed by atoms with E-state index in [9.17, 15) is 14.7 Å². The van der Waals surface area contributed by atoms with E-state index < -0.39 is 6.10 Å². The molecular weight excluding hydrogens is 312 g/mol. The standard InChI is InChI=1S/C17H20N2O3S/c1-12(20)19-11-14-7-8-16(23-14)17(22)18-10-9-15(21)13-5-3-2-4-6-13/h2-8,15,21H,9-11H2,1H3,(H,18,22)(H,19,20). The van der Waals surface area contributed by atoms with Gasteiger partial charge in [-0.05, 0) is 24.1 Å². The van der Waals surface area contributed by atoms with Crippen molar-refractivity contribution in [1.29, 1.82) is 0 Å². The van der Waals surface area contributed by atoms with E-state index in [1.54, 1.807) is 6.07 Å². The molecular formula is C17H20N2O3S. The predicted octanol–water partition coefficient (Wildman–Crippen LogP) is 2.24. The number of benzene rings is 1. The molecule has 2 rings (SSSR count). The van der Waals surface area contributed by atoms with Gasteiger partial charge in [0.1, 0.15) is 0 Å². The summed E-state index contributed by atoms with van der Waals surface area (Å²) < 4.78 is 0. The largest absolute Gasteiger partial charge is 0.388 e. The van der Waals surface area contributed by atoms with Crippen LogP contribution in [0.3, 0.4) is 0 Å². The minimum absolute atomic E-state index is 0.0979. The second kappa shape index (κ2) is 8.45. The molecule has 23 heavy (non-hydrogen) atoms. The molecule has 1 atom stereocenters. The topological polar surface area (TPSA) is 78.4 Å². The van der Waals surface area contributed by atoms with Gasteiger partial charge >= 0.3 is 0 Å². The fourth-order valence-corrected chi connectivity index (χ4v) is 2.92. The molecule has 6 heteroatoms. The zero-order valence-corrected chi connectivity index (χ0v) is 13.7. The van der Waals surface area contributed by atoms with Crippen molar-refractivity contribution >= 4 is 23.2 Å². The lowest BCUT2D eigenvalue weighted by molar-refractivity contribution is -0.119. The molecule has 2 amide bonds. The van der Waals surface area contributed by atoms with Gasteiger partial charge in [-0.2, -0.15) is 0 Å². The van der Waals surface area contributed by atoms with Gasteiger partial charge in [-0.1, -0.05) is 30.3 Å². The number of rotatable bonds is 7. The lowest BCUT2D eigenvalue weighted by atomic mass is 10.1. The molecule has 2 aromatic rings. The van der Waals surface area contributed by atoms with Gasteiger partial charge in [0, 0.05) is 18.3 Å². The van der Waals surface area contributed by atoms with Gasteiger partial charge in [0.2, 0.25) is 5.91 Å². The summed E-state index contributed by atoms with van der Waals surface area (Å²) in [4.78, 5) is 24.4. The highest BCUT2D eigenvalue weighted by molar-refractivity contribution is 7.14. The molecule has 0 radical (unpaired) electrons. The Balaban J connectivity index is 1.77. The number of thiophene rings is 1. The Bertz CT molecular complexity index is 655. The molecule has 3 N–H and O–H groups in total. The van der Waals surface area contributed by atoms with E-state index >= 15 is 0 Å². The monoisotopic (exact) mass is 332 g/mol. The summed E-state index contributed by atoms with van der Waals surface area (Å²) in [7, 11) is 0. The maximum Gasteiger partial charge on any atom is 0.261 e. The Morgan fingerprint density at radius 2 is 1.87 bits per heavy atom. The highest BCUT2D eigenvalue weighted by Gasteiger charge is 2.11. The second-order valence-corrected chi connectivity index (χ2v) is 6.32. The number of hydrogen-bond acceptors (Lipinski definition) is 4. The van der Waals surface area contributed by atoms with Crippen LogP contribution in [0.15, 0.2) is 42.5 Å². The molecule has 0 fully saturated rings. The SMILES string of the molecule is CC(=O)NCc1ccc(C(=O)NCCC(O)c2ccccc2)s1. The van der Waals surface area contributed by atoms with Crippen LogP contribution in [0.1, 0.15) is 39.6 Å². The molecule has 0 aliphatic rings. The third kappa shape index (κ3) is 5.50. The quantitative estimate of drug-likeness (QED) is 0.727. The van der Waals surface area contributed by atoms with Crippen LogP contribution >= 0.6 is 11.3 Å². The maximum absolute atomic E-state index is 12.0. The second-order valence-electron chi connectivity index (χ2n) is 5.15. The number of aliphatic hydroxyl groups excluding tert-OH is 1. The number of nitrogens with one attached hydrogen (secondary N) is 2. The molecule has 0 saturated heterocycles. The molecule has 0 aliphatic heterocycles. The Morgan fingerprint density at radius 1 is 1.13 bits per heavy atom. The van der Waals surface area contributed by atoms with Crippen molar-refractivity contribution in [2.45, 2.75) is 26.0 Å². The lowest BCUT2D eigenvalue weighted by Crippen LogP contribution is -2.24. The van der Waals surface area contributed by atoms with E-state index in [-0.39, 0.29) is 11.8 Å². The summed E-state index contributed by atoms with van der Waals surface area (Å²) in [5, 5.41) is 15.5. The van der Waals surface area contributed by atoms with Crippen LogP contribution < -0.4 is 10.6 Å². The molecule has 5 nitrogen and oxygen atoms in total. The summed E-state index contributed by atoms with van der Waals surface area (Å²) >= 11 is 1.35. The Hall–Kier alpha value is -2.18. The van der Waals surface area contributed by atoms with Gasteiger partial charge in [0.25, 0.3) is 5.91 Å². The van der Waals surface area contributed by atoms with Gasteiger partial charge in [-0.25, -0.2) is 0 Å². The maximum atomic E-state index is 12.0. The van der Waals surface area contributed by atoms with Crippen molar-refractivity contribution in [3.63, 3.8) is 0 Å². The van der Waals surface area contributed by atoms with Crippen molar-refractivity contribution in [1.82, 2.24) is 10.6 Å². The summed E-state index contributed by atoms with van der Waals surface area (Å²) in [5.41, 5.74) is 0.843. The first-order valence-electron chi connectivity index (χ1n) is 7.40. The molecule has 1 aromatic heterocycles. The van der Waals surface area contributed by atoms with Crippen LogP contribution in [0.25, 0.3) is 0 Å². The smallest absolute Gasteiger partial charge is 0.261 e. The van der Waals surface area contributed by atoms with Crippen molar-refractivity contribution in [3.05, 3.63) is 57.8 Å². The third-order valence-electron chi connectivity index (χ3n) is 3.28. The summed E-state index contributed by atoms with van der Waals surface area (Å²) in [5.74, 6) is -0.261. The van der Waals surface area contributed by atoms with Crippen molar-refractivity contribution in [2.24, 2.45) is 0 Å². The van der Waals surface area contributed by atoms with E-state index in [1.807, 2.05) is 36.4 Å². The Labute approximate surface area is 139 Å². The van der Waals surface area contributed by atoms with Crippen LogP contribution in [-0.2, 0) is 11.3 Å². The minimum Gasteiger partial charge on any atom is -0.388 e. The molecule has 1 aromatic carbocycles. The molecule has 1 unspecified atom stereocenters. The molecule has 0 aliphatic carbocycles. The van der Waals surface area contributed by atoms with Crippen LogP contribution in [-0.4, -0.2) is 23.5 Å². The molecule has 0 spiro atoms. The highest BCUT2D eigenvalue weighted by atomic mass is 32.1. The van der Waals surface area contributed by atoms with Gasteiger partial charge in [0.05, 0.1) is 17.5 Å². The Kier molecular flexibility index (Phi) is 6.31. The Morgan fingerprint density at radius 3 is 2.57 bits per heavy atom. The third-order valence-corrected chi connectivity index (χ3v) is 4.37. The molecule has 1 heterocycles. The number of carbonyl (C=O) groups is 2. The number of hydrogen-bond donors (Lipinski definition) is 3. The molecule has 0 saturated carbocycles. The van der Waals surface area contributed by atoms with Crippen LogP contribution in [0.5, 0.6) is 0 Å². The normalized spacial score (nSPS) is 11.7. The van der Waals surface area contributed by atoms with E-state index in [2.05, 4.69) is 10.6 Å². The zero-order chi connectivity index (χ0) is 16.7. The first-order chi connectivity index (χ1) is 11.1. The van der Waals surface area contributed by atoms with E-state index in [0.29, 0.717) is 24.4 Å². The van der Waals surface area contributed by atoms with E-state index in [4.69, 9.17) is 0 Å². The van der Waals surface area contributed by atoms with Crippen molar-refractivity contribution in [3.8, 4) is 0 Å². The first kappa shape index (κ1) is 17.2. The predicted molar refractivity (Wildman–Crippen MR) is 90.2 cm³/mol. The summed E-state index contributed by atoms with van der Waals surface area (Å²) in [6.45, 7) is 2.28. The average Bonchev–Trinajstić information content (AvgIpc) is 3.02. The zero-order valence-electron chi connectivity index (χ0n) is 12.9.